The smallest absolute Gasteiger partial charge is 0.238 e. The van der Waals surface area contributed by atoms with Gasteiger partial charge in [-0.3, -0.25) is 4.79 Å². The number of benzene rings is 1. The van der Waals surface area contributed by atoms with E-state index in [1.54, 1.807) is 14.0 Å². The summed E-state index contributed by atoms with van der Waals surface area (Å²) in [5.74, 6) is -1.98. The monoisotopic (exact) mass is 558 g/mol. The molecule has 2 aromatic rings. The molecule has 4 rings (SSSR count). The molecule has 14 heteroatoms. The highest BCUT2D eigenvalue weighted by atomic mass is 32.2. The van der Waals surface area contributed by atoms with Crippen LogP contribution in [0.5, 0.6) is 0 Å². The van der Waals surface area contributed by atoms with Gasteiger partial charge in [0.05, 0.1) is 18.4 Å². The van der Waals surface area contributed by atoms with E-state index in [9.17, 15) is 34.0 Å². The zero-order valence-electron chi connectivity index (χ0n) is 21.0. The fourth-order valence-corrected chi connectivity index (χ4v) is 6.22. The average Bonchev–Trinajstić information content (AvgIpc) is 3.37. The number of ether oxygens (including phenoxy) is 2. The summed E-state index contributed by atoms with van der Waals surface area (Å²) in [6.45, 7) is 2.09. The van der Waals surface area contributed by atoms with Crippen molar-refractivity contribution in [3.8, 4) is 11.3 Å². The largest absolute Gasteiger partial charge is 0.394 e. The maximum atomic E-state index is 13.7. The van der Waals surface area contributed by atoms with E-state index in [-0.39, 0.29) is 43.2 Å². The van der Waals surface area contributed by atoms with Crippen molar-refractivity contribution in [2.24, 2.45) is 0 Å². The van der Waals surface area contributed by atoms with Gasteiger partial charge in [-0.25, -0.2) is 13.5 Å². The number of aliphatic hydroxyl groups excluding tert-OH is 3. The minimum Gasteiger partial charge on any atom is -0.394 e. The summed E-state index contributed by atoms with van der Waals surface area (Å²) in [4.78, 5) is 14.8. The second-order valence-electron chi connectivity index (χ2n) is 9.52. The number of hydrogen-bond acceptors (Lipinski definition) is 10. The lowest BCUT2D eigenvalue weighted by atomic mass is 9.89. The molecule has 2 fully saturated rings. The number of thioether (sulfide) groups is 1. The summed E-state index contributed by atoms with van der Waals surface area (Å²) in [6.07, 6.45) is -2.37. The SMILES string of the molecule is CCN(C)C(=O)[C@@H](S[C@@H]1O[C@H](CO)[C@H](O)[C@H](n2cc(-c3cc(F)cc(F)c3)nn2)[C@H]1O)C1(O)CCOCC1. The number of nitrogens with zero attached hydrogens (tertiary/aromatic N) is 4. The Morgan fingerprint density at radius 1 is 1.24 bits per heavy atom. The minimum atomic E-state index is -1.47. The number of aromatic nitrogens is 3. The van der Waals surface area contributed by atoms with Gasteiger partial charge in [-0.1, -0.05) is 5.21 Å². The van der Waals surface area contributed by atoms with Gasteiger partial charge in [0.15, 0.2) is 0 Å². The predicted octanol–water partition coefficient (Wildman–Crippen LogP) is 0.325. The standard InChI is InChI=1S/C24H32F2N4O7S/c1-3-29(2)22(34)21(24(35)4-6-36-7-5-24)38-23-20(33)18(19(32)17(12-31)37-23)30-11-16(27-28-30)13-8-14(25)10-15(26)9-13/h8-11,17-21,23,31-33,35H,3-7,12H2,1-2H3/t17-,18+,19+,20-,21-,23+/m1/s1. The van der Waals surface area contributed by atoms with Crippen molar-refractivity contribution in [3.63, 3.8) is 0 Å². The summed E-state index contributed by atoms with van der Waals surface area (Å²) in [7, 11) is 1.60. The molecule has 38 heavy (non-hydrogen) atoms. The Hall–Kier alpha value is -2.20. The molecule has 1 aromatic heterocycles. The highest BCUT2D eigenvalue weighted by Crippen LogP contribution is 2.42. The van der Waals surface area contributed by atoms with Crippen LogP contribution >= 0.6 is 11.8 Å². The van der Waals surface area contributed by atoms with Crippen molar-refractivity contribution in [1.29, 1.82) is 0 Å². The number of halogens is 2. The molecule has 0 saturated carbocycles. The quantitative estimate of drug-likeness (QED) is 0.357. The normalized spacial score (nSPS) is 28.2. The second-order valence-corrected chi connectivity index (χ2v) is 10.7. The van der Waals surface area contributed by atoms with E-state index >= 15 is 0 Å². The van der Waals surface area contributed by atoms with Crippen LogP contribution in [0.15, 0.2) is 24.4 Å². The molecule has 0 radical (unpaired) electrons. The molecule has 0 unspecified atom stereocenters. The molecule has 1 aromatic carbocycles. The fourth-order valence-electron chi connectivity index (χ4n) is 4.64. The van der Waals surface area contributed by atoms with Gasteiger partial charge < -0.3 is 34.8 Å². The van der Waals surface area contributed by atoms with Gasteiger partial charge in [-0.15, -0.1) is 16.9 Å². The molecule has 6 atom stereocenters. The van der Waals surface area contributed by atoms with Crippen molar-refractivity contribution in [2.75, 3.05) is 33.4 Å². The van der Waals surface area contributed by atoms with Crippen LogP contribution in [0.2, 0.25) is 0 Å². The van der Waals surface area contributed by atoms with E-state index in [4.69, 9.17) is 9.47 Å². The highest BCUT2D eigenvalue weighted by molar-refractivity contribution is 8.01. The third-order valence-electron chi connectivity index (χ3n) is 7.01. The van der Waals surface area contributed by atoms with E-state index in [2.05, 4.69) is 10.3 Å². The Kier molecular flexibility index (Phi) is 9.02. The van der Waals surface area contributed by atoms with Crippen LogP contribution in [-0.4, -0.2) is 114 Å². The van der Waals surface area contributed by atoms with Crippen LogP contribution in [-0.2, 0) is 14.3 Å². The number of aliphatic hydroxyl groups is 4. The lowest BCUT2D eigenvalue weighted by molar-refractivity contribution is -0.179. The molecule has 2 saturated heterocycles. The van der Waals surface area contributed by atoms with Gasteiger partial charge >= 0.3 is 0 Å². The summed E-state index contributed by atoms with van der Waals surface area (Å²) in [6, 6.07) is 1.66. The molecule has 0 aliphatic carbocycles. The van der Waals surface area contributed by atoms with Crippen LogP contribution in [0.4, 0.5) is 8.78 Å². The number of carbonyl (C=O) groups excluding carboxylic acids is 1. The first-order chi connectivity index (χ1) is 18.1. The molecule has 2 aliphatic heterocycles. The molecule has 1 amide bonds. The van der Waals surface area contributed by atoms with Crippen molar-refractivity contribution in [1.82, 2.24) is 19.9 Å². The Bertz CT molecular complexity index is 1100. The fraction of sp³-hybridized carbons (Fsp3) is 0.625. The lowest BCUT2D eigenvalue weighted by Crippen LogP contribution is -2.58. The van der Waals surface area contributed by atoms with Crippen molar-refractivity contribution in [3.05, 3.63) is 36.0 Å². The zero-order valence-corrected chi connectivity index (χ0v) is 21.8. The second kappa shape index (κ2) is 11.9. The first-order valence-corrected chi connectivity index (χ1v) is 13.2. The Balaban J connectivity index is 1.64. The first kappa shape index (κ1) is 28.8. The number of amides is 1. The first-order valence-electron chi connectivity index (χ1n) is 12.3. The summed E-state index contributed by atoms with van der Waals surface area (Å²) >= 11 is 0.906. The lowest BCUT2D eigenvalue weighted by Gasteiger charge is -2.45. The molecule has 4 N–H and O–H groups in total. The van der Waals surface area contributed by atoms with Crippen LogP contribution in [0.1, 0.15) is 25.8 Å². The van der Waals surface area contributed by atoms with Gasteiger partial charge in [0.2, 0.25) is 5.91 Å². The van der Waals surface area contributed by atoms with Gasteiger partial charge in [-0.05, 0) is 19.1 Å². The molecule has 11 nitrogen and oxygen atoms in total. The number of carbonyl (C=O) groups is 1. The van der Waals surface area contributed by atoms with E-state index in [0.29, 0.717) is 12.6 Å². The van der Waals surface area contributed by atoms with Crippen molar-refractivity contribution < 1.29 is 43.5 Å². The van der Waals surface area contributed by atoms with E-state index in [0.717, 1.165) is 28.6 Å². The third-order valence-corrected chi connectivity index (χ3v) is 8.59. The zero-order chi connectivity index (χ0) is 27.6. The molecule has 210 valence electrons. The molecule has 2 aliphatic rings. The van der Waals surface area contributed by atoms with Gasteiger partial charge in [0.25, 0.3) is 0 Å². The van der Waals surface area contributed by atoms with E-state index in [1.165, 1.54) is 11.1 Å². The van der Waals surface area contributed by atoms with Gasteiger partial charge in [0, 0.05) is 51.3 Å². The number of hydrogen-bond donors (Lipinski definition) is 4. The maximum absolute atomic E-state index is 13.7. The third kappa shape index (κ3) is 5.86. The van der Waals surface area contributed by atoms with Gasteiger partial charge in [-0.2, -0.15) is 0 Å². The van der Waals surface area contributed by atoms with E-state index in [1.807, 2.05) is 0 Å². The summed E-state index contributed by atoms with van der Waals surface area (Å²) in [5.41, 5.74) is -2.40. The Labute approximate surface area is 222 Å². The maximum Gasteiger partial charge on any atom is 0.238 e. The molecule has 3 heterocycles. The van der Waals surface area contributed by atoms with Crippen LogP contribution < -0.4 is 0 Å². The van der Waals surface area contributed by atoms with Gasteiger partial charge in [0.1, 0.15) is 52.4 Å². The highest BCUT2D eigenvalue weighted by Gasteiger charge is 2.51. The van der Waals surface area contributed by atoms with Crippen molar-refractivity contribution >= 4 is 17.7 Å². The predicted molar refractivity (Wildman–Crippen MR) is 132 cm³/mol. The van der Waals surface area contributed by atoms with Crippen molar-refractivity contribution in [2.45, 2.75) is 60.4 Å². The topological polar surface area (TPSA) is 150 Å². The molecule has 0 bridgehead atoms. The molecular formula is C24H32F2N4O7S. The Morgan fingerprint density at radius 3 is 2.50 bits per heavy atom. The van der Waals surface area contributed by atoms with Crippen LogP contribution in [0.25, 0.3) is 11.3 Å². The summed E-state index contributed by atoms with van der Waals surface area (Å²) < 4.78 is 39.8. The summed E-state index contributed by atoms with van der Waals surface area (Å²) in [5, 5.41) is 50.4. The van der Waals surface area contributed by atoms with Crippen LogP contribution in [0.3, 0.4) is 0 Å². The van der Waals surface area contributed by atoms with E-state index < -0.39 is 58.9 Å². The number of rotatable bonds is 8. The Morgan fingerprint density at radius 2 is 1.89 bits per heavy atom. The van der Waals surface area contributed by atoms with Crippen LogP contribution in [0, 0.1) is 11.6 Å². The molecule has 0 spiro atoms. The molecular weight excluding hydrogens is 526 g/mol. The average molecular weight is 559 g/mol. The minimum absolute atomic E-state index is 0.0909.